The molecule has 194 valence electrons. The van der Waals surface area contributed by atoms with Crippen molar-refractivity contribution in [2.75, 3.05) is 12.1 Å². The Morgan fingerprint density at radius 3 is 2.28 bits per heavy atom. The summed E-state index contributed by atoms with van der Waals surface area (Å²) in [5, 5.41) is 17.0. The van der Waals surface area contributed by atoms with E-state index >= 15 is 0 Å². The van der Waals surface area contributed by atoms with Crippen molar-refractivity contribution in [1.29, 1.82) is 0 Å². The number of anilines is 1. The van der Waals surface area contributed by atoms with E-state index in [0.717, 1.165) is 20.3 Å². The minimum absolute atomic E-state index is 0.0222. The van der Waals surface area contributed by atoms with Gasteiger partial charge in [0, 0.05) is 17.7 Å². The van der Waals surface area contributed by atoms with Crippen LogP contribution in [0.1, 0.15) is 16.7 Å². The smallest absolute Gasteiger partial charge is 0.281 e. The van der Waals surface area contributed by atoms with Gasteiger partial charge in [-0.1, -0.05) is 48.5 Å². The number of methoxy groups -OCH3 is 1. The van der Waals surface area contributed by atoms with Gasteiger partial charge in [0.15, 0.2) is 11.5 Å². The largest absolute Gasteiger partial charge is 0.493 e. The summed E-state index contributed by atoms with van der Waals surface area (Å²) in [6.45, 7) is 0.208. The van der Waals surface area contributed by atoms with Gasteiger partial charge in [-0.25, -0.2) is 0 Å². The summed E-state index contributed by atoms with van der Waals surface area (Å²) in [5.41, 5.74) is 4.11. The molecule has 0 aliphatic carbocycles. The van der Waals surface area contributed by atoms with Crippen molar-refractivity contribution in [2.45, 2.75) is 6.61 Å². The number of nitro benzene ring substituents is 1. The van der Waals surface area contributed by atoms with E-state index in [4.69, 9.17) is 9.47 Å². The number of hydrogen-bond acceptors (Lipinski definition) is 6. The zero-order chi connectivity index (χ0) is 27.4. The molecular weight excluding hydrogens is 609 g/mol. The first kappa shape index (κ1) is 26.1. The highest BCUT2D eigenvalue weighted by atomic mass is 127. The number of benzene rings is 4. The number of hydrogen-bond donors (Lipinski definition) is 0. The molecule has 0 fully saturated rings. The van der Waals surface area contributed by atoms with Crippen LogP contribution in [0.25, 0.3) is 6.08 Å². The van der Waals surface area contributed by atoms with E-state index in [9.17, 15) is 14.9 Å². The molecule has 1 heterocycles. The second-order valence-electron chi connectivity index (χ2n) is 8.57. The molecule has 4 aromatic rings. The average molecular weight is 631 g/mol. The second kappa shape index (κ2) is 11.5. The van der Waals surface area contributed by atoms with Gasteiger partial charge in [-0.2, -0.15) is 10.1 Å². The summed E-state index contributed by atoms with van der Waals surface area (Å²) in [6.07, 6.45) is 1.81. The fourth-order valence-corrected chi connectivity index (χ4v) is 4.88. The number of nitrogens with zero attached hydrogens (tertiary/aromatic N) is 3. The third-order valence-corrected chi connectivity index (χ3v) is 6.82. The van der Waals surface area contributed by atoms with Gasteiger partial charge in [-0.05, 0) is 76.2 Å². The minimum atomic E-state index is -0.439. The fourth-order valence-electron chi connectivity index (χ4n) is 4.10. The number of carbonyl (C=O) groups is 1. The molecule has 0 unspecified atom stereocenters. The van der Waals surface area contributed by atoms with Crippen LogP contribution in [0.4, 0.5) is 11.4 Å². The molecular formula is C30H22IN3O5. The Bertz CT molecular complexity index is 1590. The lowest BCUT2D eigenvalue weighted by Crippen LogP contribution is -2.21. The lowest BCUT2D eigenvalue weighted by molar-refractivity contribution is -0.384. The van der Waals surface area contributed by atoms with Crippen molar-refractivity contribution in [3.63, 3.8) is 0 Å². The summed E-state index contributed by atoms with van der Waals surface area (Å²) < 4.78 is 12.4. The highest BCUT2D eigenvalue weighted by Crippen LogP contribution is 2.36. The highest BCUT2D eigenvalue weighted by Gasteiger charge is 2.32. The molecule has 0 bridgehead atoms. The van der Waals surface area contributed by atoms with Crippen molar-refractivity contribution in [3.8, 4) is 11.5 Å². The van der Waals surface area contributed by atoms with Crippen LogP contribution >= 0.6 is 22.6 Å². The molecule has 5 rings (SSSR count). The van der Waals surface area contributed by atoms with E-state index in [1.165, 1.54) is 17.1 Å². The second-order valence-corrected chi connectivity index (χ2v) is 9.73. The van der Waals surface area contributed by atoms with Gasteiger partial charge in [0.1, 0.15) is 12.3 Å². The number of amides is 1. The van der Waals surface area contributed by atoms with Crippen molar-refractivity contribution < 1.29 is 19.2 Å². The maximum absolute atomic E-state index is 13.6. The first-order chi connectivity index (χ1) is 18.9. The van der Waals surface area contributed by atoms with Crippen LogP contribution in [0.3, 0.4) is 0 Å². The van der Waals surface area contributed by atoms with E-state index in [0.29, 0.717) is 28.5 Å². The number of ether oxygens (including phenoxy) is 2. The Morgan fingerprint density at radius 1 is 0.974 bits per heavy atom. The number of para-hydroxylation sites is 1. The lowest BCUT2D eigenvalue weighted by Gasteiger charge is -2.14. The predicted molar refractivity (Wildman–Crippen MR) is 158 cm³/mol. The average Bonchev–Trinajstić information content (AvgIpc) is 3.28. The molecule has 39 heavy (non-hydrogen) atoms. The number of carbonyl (C=O) groups excluding carboxylic acids is 1. The highest BCUT2D eigenvalue weighted by molar-refractivity contribution is 14.1. The van der Waals surface area contributed by atoms with Crippen LogP contribution < -0.4 is 14.5 Å². The molecule has 0 aromatic heterocycles. The Labute approximate surface area is 238 Å². The Hall–Kier alpha value is -4.51. The minimum Gasteiger partial charge on any atom is -0.493 e. The molecule has 1 aliphatic rings. The molecule has 1 amide bonds. The molecule has 0 N–H and O–H groups in total. The Morgan fingerprint density at radius 2 is 1.64 bits per heavy atom. The van der Waals surface area contributed by atoms with Crippen LogP contribution in [0.2, 0.25) is 0 Å². The van der Waals surface area contributed by atoms with Gasteiger partial charge in [-0.15, -0.1) is 0 Å². The van der Waals surface area contributed by atoms with Crippen LogP contribution in [-0.4, -0.2) is 23.7 Å². The molecule has 0 saturated carbocycles. The standard InChI is InChI=1S/C30H22IN3O5/c1-38-27-18-21(17-26(31)29(27)39-19-20-12-14-24(15-13-20)34(36)37)16-25-28(22-8-4-2-5-9-22)32-33(30(25)35)23-10-6-3-7-11-23/h2-18H,19H2,1H3/b25-16-. The number of nitro groups is 1. The van der Waals surface area contributed by atoms with Gasteiger partial charge in [0.2, 0.25) is 0 Å². The zero-order valence-corrected chi connectivity index (χ0v) is 22.9. The number of halogens is 1. The van der Waals surface area contributed by atoms with E-state index in [1.54, 1.807) is 25.3 Å². The van der Waals surface area contributed by atoms with Gasteiger partial charge < -0.3 is 9.47 Å². The molecule has 4 aromatic carbocycles. The molecule has 0 saturated heterocycles. The number of hydrazone groups is 1. The van der Waals surface area contributed by atoms with Crippen LogP contribution in [0, 0.1) is 13.7 Å². The van der Waals surface area contributed by atoms with E-state index < -0.39 is 4.92 Å². The maximum Gasteiger partial charge on any atom is 0.281 e. The van der Waals surface area contributed by atoms with Crippen LogP contribution in [0.5, 0.6) is 11.5 Å². The number of non-ortho nitro benzene ring substituents is 1. The Balaban J connectivity index is 1.46. The van der Waals surface area contributed by atoms with Crippen LogP contribution in [-0.2, 0) is 11.4 Å². The summed E-state index contributed by atoms with van der Waals surface area (Å²) in [6, 6.07) is 28.8. The van der Waals surface area contributed by atoms with Gasteiger partial charge in [0.25, 0.3) is 11.6 Å². The molecule has 1 aliphatic heterocycles. The summed E-state index contributed by atoms with van der Waals surface area (Å²) in [7, 11) is 1.55. The normalized spacial score (nSPS) is 13.9. The van der Waals surface area contributed by atoms with E-state index in [1.807, 2.05) is 72.8 Å². The maximum atomic E-state index is 13.6. The fraction of sp³-hybridized carbons (Fsp3) is 0.0667. The Kier molecular flexibility index (Phi) is 7.69. The van der Waals surface area contributed by atoms with Crippen LogP contribution in [0.15, 0.2) is 108 Å². The summed E-state index contributed by atoms with van der Waals surface area (Å²) in [5.74, 6) is 0.811. The first-order valence-corrected chi connectivity index (χ1v) is 13.0. The molecule has 8 nitrogen and oxygen atoms in total. The molecule has 0 radical (unpaired) electrons. The predicted octanol–water partition coefficient (Wildman–Crippen LogP) is 6.62. The van der Waals surface area contributed by atoms with Crippen molar-refractivity contribution in [2.24, 2.45) is 5.10 Å². The van der Waals surface area contributed by atoms with Gasteiger partial charge in [0.05, 0.1) is 26.9 Å². The van der Waals surface area contributed by atoms with Crippen molar-refractivity contribution in [1.82, 2.24) is 0 Å². The topological polar surface area (TPSA) is 94.3 Å². The summed E-state index contributed by atoms with van der Waals surface area (Å²) >= 11 is 2.16. The van der Waals surface area contributed by atoms with Crippen molar-refractivity contribution in [3.05, 3.63) is 133 Å². The van der Waals surface area contributed by atoms with Gasteiger partial charge >= 0.3 is 0 Å². The van der Waals surface area contributed by atoms with E-state index in [-0.39, 0.29) is 18.2 Å². The molecule has 0 atom stereocenters. The number of rotatable bonds is 8. The molecule has 9 heteroatoms. The monoisotopic (exact) mass is 631 g/mol. The third-order valence-electron chi connectivity index (χ3n) is 6.02. The van der Waals surface area contributed by atoms with Crippen molar-refractivity contribution >= 4 is 51.7 Å². The third kappa shape index (κ3) is 5.68. The lowest BCUT2D eigenvalue weighted by atomic mass is 10.00. The zero-order valence-electron chi connectivity index (χ0n) is 20.8. The van der Waals surface area contributed by atoms with E-state index in [2.05, 4.69) is 27.7 Å². The quantitative estimate of drug-likeness (QED) is 0.0943. The summed E-state index contributed by atoms with van der Waals surface area (Å²) in [4.78, 5) is 24.0. The van der Waals surface area contributed by atoms with Gasteiger partial charge in [-0.3, -0.25) is 14.9 Å². The molecule has 0 spiro atoms. The first-order valence-electron chi connectivity index (χ1n) is 11.9. The SMILES string of the molecule is COc1cc(/C=C2\C(=O)N(c3ccccc3)N=C2c2ccccc2)cc(I)c1OCc1ccc([N+](=O)[O-])cc1.